The first kappa shape index (κ1) is 22.2. The topological polar surface area (TPSA) is 88.5 Å². The molecule has 1 fully saturated rings. The molecule has 174 valence electrons. The van der Waals surface area contributed by atoms with Gasteiger partial charge in [0.2, 0.25) is 11.8 Å². The van der Waals surface area contributed by atoms with Gasteiger partial charge in [0, 0.05) is 40.5 Å². The zero-order valence-corrected chi connectivity index (χ0v) is 19.8. The Balaban J connectivity index is 1.47. The Morgan fingerprint density at radius 2 is 1.71 bits per heavy atom. The Kier molecular flexibility index (Phi) is 5.40. The Morgan fingerprint density at radius 3 is 2.44 bits per heavy atom. The van der Waals surface area contributed by atoms with Crippen LogP contribution in [-0.2, 0) is 26.2 Å². The number of aryl methyl sites for hydroxylation is 2. The van der Waals surface area contributed by atoms with Gasteiger partial charge in [-0.3, -0.25) is 9.59 Å². The molecule has 8 heteroatoms. The second-order valence-corrected chi connectivity index (χ2v) is 10.4. The van der Waals surface area contributed by atoms with Crippen molar-refractivity contribution in [3.63, 3.8) is 0 Å². The van der Waals surface area contributed by atoms with Crippen LogP contribution in [0.5, 0.6) is 0 Å². The molecule has 3 aromatic carbocycles. The van der Waals surface area contributed by atoms with Crippen molar-refractivity contribution < 1.29 is 18.0 Å². The normalized spacial score (nSPS) is 16.5. The van der Waals surface area contributed by atoms with Gasteiger partial charge in [-0.15, -0.1) is 0 Å². The van der Waals surface area contributed by atoms with Crippen LogP contribution in [0.25, 0.3) is 21.8 Å². The molecule has 1 aliphatic rings. The van der Waals surface area contributed by atoms with Crippen LogP contribution in [0.4, 0.5) is 5.69 Å². The number of aromatic nitrogens is 1. The van der Waals surface area contributed by atoms with E-state index in [9.17, 15) is 18.0 Å². The smallest absolute Gasteiger partial charge is 0.267 e. The first-order valence-corrected chi connectivity index (χ1v) is 12.7. The Bertz CT molecular complexity index is 1540. The average Bonchev–Trinajstić information content (AvgIpc) is 3.37. The molecule has 1 N–H and O–H groups in total. The first-order valence-electron chi connectivity index (χ1n) is 11.3. The fourth-order valence-electron chi connectivity index (χ4n) is 4.72. The lowest BCUT2D eigenvalue weighted by Crippen LogP contribution is -2.45. The molecular formula is C26H25N3O4S. The molecule has 4 aromatic rings. The first-order chi connectivity index (χ1) is 16.3. The predicted octanol–water partition coefficient (Wildman–Crippen LogP) is 4.44. The van der Waals surface area contributed by atoms with Crippen LogP contribution in [-0.4, -0.2) is 35.1 Å². The summed E-state index contributed by atoms with van der Waals surface area (Å²) in [5.41, 5.74) is 3.63. The average molecular weight is 476 g/mol. The highest BCUT2D eigenvalue weighted by molar-refractivity contribution is 7.89. The number of hydrogen-bond acceptors (Lipinski definition) is 4. The summed E-state index contributed by atoms with van der Waals surface area (Å²) in [6, 6.07) is 18.9. The molecule has 1 saturated heterocycles. The molecule has 0 bridgehead atoms. The maximum Gasteiger partial charge on any atom is 0.267 e. The zero-order chi connectivity index (χ0) is 24.0. The lowest BCUT2D eigenvalue weighted by Gasteiger charge is -2.23. The lowest BCUT2D eigenvalue weighted by molar-refractivity contribution is -0.128. The number of para-hydroxylation sites is 1. The van der Waals surface area contributed by atoms with Gasteiger partial charge in [0.05, 0.1) is 4.90 Å². The van der Waals surface area contributed by atoms with Gasteiger partial charge in [-0.1, -0.05) is 35.9 Å². The van der Waals surface area contributed by atoms with Crippen molar-refractivity contribution in [1.82, 2.24) is 8.87 Å². The van der Waals surface area contributed by atoms with Gasteiger partial charge in [0.1, 0.15) is 6.04 Å². The van der Waals surface area contributed by atoms with Gasteiger partial charge in [-0.25, -0.2) is 12.7 Å². The Labute approximate surface area is 198 Å². The van der Waals surface area contributed by atoms with E-state index in [1.807, 2.05) is 37.3 Å². The Morgan fingerprint density at radius 1 is 1.00 bits per heavy atom. The summed E-state index contributed by atoms with van der Waals surface area (Å²) < 4.78 is 29.4. The fraction of sp³-hybridized carbons (Fsp3) is 0.231. The van der Waals surface area contributed by atoms with E-state index in [4.69, 9.17) is 0 Å². The number of carbonyl (C=O) groups excluding carboxylic acids is 2. The van der Waals surface area contributed by atoms with Crippen molar-refractivity contribution in [2.24, 2.45) is 0 Å². The highest BCUT2D eigenvalue weighted by Crippen LogP contribution is 2.32. The summed E-state index contributed by atoms with van der Waals surface area (Å²) in [4.78, 5) is 25.7. The minimum atomic E-state index is -4.14. The SMILES string of the molecule is CCn1c2ccccc2c2cc(NC(=O)[C@H]3CCC(=O)N3S(=O)(=O)c3ccc(C)cc3)ccc21. The van der Waals surface area contributed by atoms with Gasteiger partial charge < -0.3 is 9.88 Å². The molecule has 7 nitrogen and oxygen atoms in total. The monoisotopic (exact) mass is 475 g/mol. The van der Waals surface area contributed by atoms with Crippen molar-refractivity contribution >= 4 is 49.3 Å². The van der Waals surface area contributed by atoms with Crippen LogP contribution >= 0.6 is 0 Å². The number of nitrogens with one attached hydrogen (secondary N) is 1. The number of carbonyl (C=O) groups is 2. The van der Waals surface area contributed by atoms with Crippen molar-refractivity contribution in [1.29, 1.82) is 0 Å². The summed E-state index contributed by atoms with van der Waals surface area (Å²) in [5, 5.41) is 4.93. The molecule has 5 rings (SSSR count). The lowest BCUT2D eigenvalue weighted by atomic mass is 10.1. The third-order valence-corrected chi connectivity index (χ3v) is 8.24. The maximum atomic E-state index is 13.2. The number of benzene rings is 3. The summed E-state index contributed by atoms with van der Waals surface area (Å²) in [6.07, 6.45) is 0.152. The van der Waals surface area contributed by atoms with Gasteiger partial charge in [-0.2, -0.15) is 0 Å². The molecule has 0 spiro atoms. The standard InChI is InChI=1S/C26H25N3O4S/c1-3-28-22-7-5-4-6-20(22)21-16-18(10-13-23(21)28)27-26(31)24-14-15-25(30)29(24)34(32,33)19-11-8-17(2)9-12-19/h4-13,16,24H,3,14-15H2,1-2H3,(H,27,31)/t24-/m1/s1. The molecule has 0 saturated carbocycles. The molecule has 0 aliphatic carbocycles. The number of fused-ring (bicyclic) bond motifs is 3. The summed E-state index contributed by atoms with van der Waals surface area (Å²) in [5.74, 6) is -1.08. The molecule has 1 aliphatic heterocycles. The van der Waals surface area contributed by atoms with E-state index < -0.39 is 27.9 Å². The quantitative estimate of drug-likeness (QED) is 0.462. The van der Waals surface area contributed by atoms with Crippen molar-refractivity contribution in [3.05, 3.63) is 72.3 Å². The van der Waals surface area contributed by atoms with Crippen LogP contribution in [0.2, 0.25) is 0 Å². The van der Waals surface area contributed by atoms with E-state index >= 15 is 0 Å². The minimum Gasteiger partial charge on any atom is -0.341 e. The third-order valence-electron chi connectivity index (χ3n) is 6.40. The highest BCUT2D eigenvalue weighted by Gasteiger charge is 2.44. The number of anilines is 1. The highest BCUT2D eigenvalue weighted by atomic mass is 32.2. The van der Waals surface area contributed by atoms with Crippen LogP contribution in [0.3, 0.4) is 0 Å². The van der Waals surface area contributed by atoms with Crippen molar-refractivity contribution in [2.75, 3.05) is 5.32 Å². The Hall–Kier alpha value is -3.65. The van der Waals surface area contributed by atoms with Gasteiger partial charge in [0.25, 0.3) is 10.0 Å². The van der Waals surface area contributed by atoms with E-state index in [1.54, 1.807) is 18.2 Å². The second kappa shape index (κ2) is 8.29. The molecule has 0 radical (unpaired) electrons. The fourth-order valence-corrected chi connectivity index (χ4v) is 6.32. The number of amides is 2. The van der Waals surface area contributed by atoms with Crippen LogP contribution in [0.1, 0.15) is 25.3 Å². The van der Waals surface area contributed by atoms with E-state index in [0.29, 0.717) is 5.69 Å². The zero-order valence-electron chi connectivity index (χ0n) is 19.0. The van der Waals surface area contributed by atoms with Crippen LogP contribution in [0, 0.1) is 6.92 Å². The molecule has 1 aromatic heterocycles. The number of rotatable bonds is 5. The molecule has 0 unspecified atom stereocenters. The van der Waals surface area contributed by atoms with Gasteiger partial charge in [-0.05, 0) is 56.7 Å². The number of hydrogen-bond donors (Lipinski definition) is 1. The summed E-state index contributed by atoms with van der Waals surface area (Å²) in [6.45, 7) is 4.75. The summed E-state index contributed by atoms with van der Waals surface area (Å²) in [7, 11) is -4.14. The number of sulfonamides is 1. The minimum absolute atomic E-state index is 0.0000511. The second-order valence-electron chi connectivity index (χ2n) is 8.54. The summed E-state index contributed by atoms with van der Waals surface area (Å²) >= 11 is 0. The largest absolute Gasteiger partial charge is 0.341 e. The van der Waals surface area contributed by atoms with E-state index in [-0.39, 0.29) is 17.7 Å². The molecule has 1 atom stereocenters. The van der Waals surface area contributed by atoms with Crippen LogP contribution < -0.4 is 5.32 Å². The van der Waals surface area contributed by atoms with E-state index in [0.717, 1.165) is 38.2 Å². The molecular weight excluding hydrogens is 450 g/mol. The third kappa shape index (κ3) is 3.54. The van der Waals surface area contributed by atoms with E-state index in [2.05, 4.69) is 22.9 Å². The van der Waals surface area contributed by atoms with Crippen LogP contribution in [0.15, 0.2) is 71.6 Å². The van der Waals surface area contributed by atoms with E-state index in [1.165, 1.54) is 12.1 Å². The molecule has 2 heterocycles. The molecule has 2 amide bonds. The molecule has 34 heavy (non-hydrogen) atoms. The predicted molar refractivity (Wildman–Crippen MR) is 132 cm³/mol. The van der Waals surface area contributed by atoms with Crippen molar-refractivity contribution in [3.8, 4) is 0 Å². The number of nitrogens with zero attached hydrogens (tertiary/aromatic N) is 2. The maximum absolute atomic E-state index is 13.2. The van der Waals surface area contributed by atoms with Crippen molar-refractivity contribution in [2.45, 2.75) is 44.2 Å². The van der Waals surface area contributed by atoms with Gasteiger partial charge >= 0.3 is 0 Å². The van der Waals surface area contributed by atoms with Gasteiger partial charge in [0.15, 0.2) is 0 Å².